The molecule has 3 rings (SSSR count). The molecule has 0 aliphatic carbocycles. The van der Waals surface area contributed by atoms with E-state index in [9.17, 15) is 0 Å². The number of benzene rings is 1. The molecule has 5 heteroatoms. The lowest BCUT2D eigenvalue weighted by molar-refractivity contribution is 0.354. The van der Waals surface area contributed by atoms with Crippen molar-refractivity contribution >= 4 is 21.7 Å². The van der Waals surface area contributed by atoms with Crippen molar-refractivity contribution in [3.05, 3.63) is 45.6 Å². The molecule has 4 nitrogen and oxygen atoms in total. The van der Waals surface area contributed by atoms with Gasteiger partial charge in [0.25, 0.3) is 0 Å². The number of rotatable bonds is 3. The number of hydrogen-bond donors (Lipinski definition) is 1. The fourth-order valence-corrected chi connectivity index (χ4v) is 2.77. The van der Waals surface area contributed by atoms with Crippen molar-refractivity contribution in [2.24, 2.45) is 0 Å². The second-order valence-electron chi connectivity index (χ2n) is 4.62. The molecule has 1 aromatic heterocycles. The van der Waals surface area contributed by atoms with Crippen LogP contribution in [0.1, 0.15) is 16.7 Å². The first-order valence-corrected chi connectivity index (χ1v) is 6.99. The van der Waals surface area contributed by atoms with Gasteiger partial charge in [-0.15, -0.1) is 5.10 Å². The standard InChI is InChI=1S/C14H14BrN3O/c1-9-4-13(18-17-7-9)16-8-11-6-12(15)5-10-2-3-19-14(10)11/h4-7H,2-3,8H2,1H3,(H,16,18). The summed E-state index contributed by atoms with van der Waals surface area (Å²) in [5, 5.41) is 11.3. The van der Waals surface area contributed by atoms with Crippen molar-refractivity contribution in [2.45, 2.75) is 19.9 Å². The second-order valence-corrected chi connectivity index (χ2v) is 5.54. The molecule has 0 saturated heterocycles. The van der Waals surface area contributed by atoms with Crippen LogP contribution in [0.4, 0.5) is 5.82 Å². The Morgan fingerprint density at radius 2 is 2.26 bits per heavy atom. The van der Waals surface area contributed by atoms with Crippen molar-refractivity contribution < 1.29 is 4.74 Å². The minimum atomic E-state index is 0.680. The summed E-state index contributed by atoms with van der Waals surface area (Å²) in [7, 11) is 0. The minimum absolute atomic E-state index is 0.680. The van der Waals surface area contributed by atoms with Crippen LogP contribution in [0.3, 0.4) is 0 Å². The second kappa shape index (κ2) is 5.17. The summed E-state index contributed by atoms with van der Waals surface area (Å²) in [4.78, 5) is 0. The fraction of sp³-hybridized carbons (Fsp3) is 0.286. The molecule has 0 unspecified atom stereocenters. The average molecular weight is 320 g/mol. The topological polar surface area (TPSA) is 47.0 Å². The molecule has 0 spiro atoms. The monoisotopic (exact) mass is 319 g/mol. The number of nitrogens with one attached hydrogen (secondary N) is 1. The van der Waals surface area contributed by atoms with Gasteiger partial charge >= 0.3 is 0 Å². The highest BCUT2D eigenvalue weighted by atomic mass is 79.9. The molecule has 0 fully saturated rings. The van der Waals surface area contributed by atoms with Gasteiger partial charge in [-0.3, -0.25) is 0 Å². The van der Waals surface area contributed by atoms with Gasteiger partial charge in [0.1, 0.15) is 11.6 Å². The van der Waals surface area contributed by atoms with Gasteiger partial charge in [0.05, 0.1) is 12.8 Å². The summed E-state index contributed by atoms with van der Waals surface area (Å²) in [5.74, 6) is 1.79. The molecule has 2 heterocycles. The van der Waals surface area contributed by atoms with E-state index in [0.717, 1.165) is 40.2 Å². The molecule has 0 amide bonds. The fourth-order valence-electron chi connectivity index (χ4n) is 2.21. The van der Waals surface area contributed by atoms with Gasteiger partial charge in [0, 0.05) is 23.0 Å². The SMILES string of the molecule is Cc1cnnc(NCc2cc(Br)cc3c2OCC3)c1. The summed E-state index contributed by atoms with van der Waals surface area (Å²) in [6.07, 6.45) is 2.72. The third-order valence-corrected chi connectivity index (χ3v) is 3.53. The molecular weight excluding hydrogens is 306 g/mol. The van der Waals surface area contributed by atoms with Crippen LogP contribution in [0.15, 0.2) is 28.9 Å². The largest absolute Gasteiger partial charge is 0.493 e. The quantitative estimate of drug-likeness (QED) is 0.944. The van der Waals surface area contributed by atoms with Gasteiger partial charge in [-0.05, 0) is 36.2 Å². The van der Waals surface area contributed by atoms with Crippen LogP contribution in [-0.4, -0.2) is 16.8 Å². The van der Waals surface area contributed by atoms with E-state index in [-0.39, 0.29) is 0 Å². The zero-order chi connectivity index (χ0) is 13.2. The minimum Gasteiger partial charge on any atom is -0.493 e. The van der Waals surface area contributed by atoms with Crippen LogP contribution in [0.5, 0.6) is 5.75 Å². The molecule has 19 heavy (non-hydrogen) atoms. The number of fused-ring (bicyclic) bond motifs is 1. The van der Waals surface area contributed by atoms with Crippen molar-refractivity contribution in [3.8, 4) is 5.75 Å². The molecule has 0 bridgehead atoms. The van der Waals surface area contributed by atoms with Gasteiger partial charge in [0.15, 0.2) is 0 Å². The lowest BCUT2D eigenvalue weighted by Gasteiger charge is -2.10. The summed E-state index contributed by atoms with van der Waals surface area (Å²) in [6, 6.07) is 6.19. The van der Waals surface area contributed by atoms with Crippen molar-refractivity contribution in [2.75, 3.05) is 11.9 Å². The molecule has 1 N–H and O–H groups in total. The first kappa shape index (κ1) is 12.4. The molecular formula is C14H14BrN3O. The molecule has 2 aromatic rings. The van der Waals surface area contributed by atoms with Gasteiger partial charge in [-0.2, -0.15) is 5.10 Å². The normalized spacial score (nSPS) is 12.9. The summed E-state index contributed by atoms with van der Waals surface area (Å²) in [5.41, 5.74) is 3.50. The first-order valence-electron chi connectivity index (χ1n) is 6.19. The third kappa shape index (κ3) is 2.71. The highest BCUT2D eigenvalue weighted by molar-refractivity contribution is 9.10. The number of aryl methyl sites for hydroxylation is 1. The van der Waals surface area contributed by atoms with Crippen LogP contribution in [-0.2, 0) is 13.0 Å². The molecule has 98 valence electrons. The Bertz CT molecular complexity index is 616. The predicted octanol–water partition coefficient (Wildman–Crippen LogP) is 3.09. The van der Waals surface area contributed by atoms with E-state index in [0.29, 0.717) is 6.54 Å². The Labute approximate surface area is 120 Å². The molecule has 1 aliphatic heterocycles. The molecule has 1 aromatic carbocycles. The first-order chi connectivity index (χ1) is 9.22. The lowest BCUT2D eigenvalue weighted by Crippen LogP contribution is -2.04. The number of hydrogen-bond acceptors (Lipinski definition) is 4. The Balaban J connectivity index is 1.81. The maximum atomic E-state index is 5.70. The van der Waals surface area contributed by atoms with Crippen LogP contribution < -0.4 is 10.1 Å². The molecule has 0 saturated carbocycles. The Hall–Kier alpha value is -1.62. The highest BCUT2D eigenvalue weighted by Gasteiger charge is 2.17. The van der Waals surface area contributed by atoms with Gasteiger partial charge in [-0.25, -0.2) is 0 Å². The number of ether oxygens (including phenoxy) is 1. The summed E-state index contributed by atoms with van der Waals surface area (Å²) < 4.78 is 6.79. The van der Waals surface area contributed by atoms with Crippen molar-refractivity contribution in [3.63, 3.8) is 0 Å². The molecule has 1 aliphatic rings. The van der Waals surface area contributed by atoms with E-state index in [1.165, 1.54) is 5.56 Å². The Kier molecular flexibility index (Phi) is 3.38. The summed E-state index contributed by atoms with van der Waals surface area (Å²) >= 11 is 3.54. The zero-order valence-electron chi connectivity index (χ0n) is 10.6. The summed E-state index contributed by atoms with van der Waals surface area (Å²) in [6.45, 7) is 3.45. The van der Waals surface area contributed by atoms with Crippen molar-refractivity contribution in [1.82, 2.24) is 10.2 Å². The number of nitrogens with zero attached hydrogens (tertiary/aromatic N) is 2. The smallest absolute Gasteiger partial charge is 0.149 e. The number of aromatic nitrogens is 2. The van der Waals surface area contributed by atoms with E-state index in [4.69, 9.17) is 4.74 Å². The van der Waals surface area contributed by atoms with Crippen LogP contribution in [0, 0.1) is 6.92 Å². The Morgan fingerprint density at radius 1 is 1.37 bits per heavy atom. The van der Waals surface area contributed by atoms with Crippen molar-refractivity contribution in [1.29, 1.82) is 0 Å². The molecule has 0 atom stereocenters. The van der Waals surface area contributed by atoms with E-state index in [1.54, 1.807) is 6.20 Å². The lowest BCUT2D eigenvalue weighted by atomic mass is 10.1. The molecule has 0 radical (unpaired) electrons. The van der Waals surface area contributed by atoms with Gasteiger partial charge in [0.2, 0.25) is 0 Å². The Morgan fingerprint density at radius 3 is 3.11 bits per heavy atom. The van der Waals surface area contributed by atoms with Crippen LogP contribution >= 0.6 is 15.9 Å². The predicted molar refractivity (Wildman–Crippen MR) is 77.4 cm³/mol. The average Bonchev–Trinajstić information content (AvgIpc) is 2.84. The number of halogens is 1. The maximum absolute atomic E-state index is 5.70. The van der Waals surface area contributed by atoms with E-state index >= 15 is 0 Å². The van der Waals surface area contributed by atoms with E-state index in [2.05, 4.69) is 43.6 Å². The van der Waals surface area contributed by atoms with E-state index < -0.39 is 0 Å². The van der Waals surface area contributed by atoms with Gasteiger partial charge in [-0.1, -0.05) is 15.9 Å². The van der Waals surface area contributed by atoms with E-state index in [1.807, 2.05) is 13.0 Å². The maximum Gasteiger partial charge on any atom is 0.149 e. The van der Waals surface area contributed by atoms with Crippen LogP contribution in [0.2, 0.25) is 0 Å². The number of anilines is 1. The van der Waals surface area contributed by atoms with Crippen LogP contribution in [0.25, 0.3) is 0 Å². The van der Waals surface area contributed by atoms with Gasteiger partial charge < -0.3 is 10.1 Å². The highest BCUT2D eigenvalue weighted by Crippen LogP contribution is 2.33. The zero-order valence-corrected chi connectivity index (χ0v) is 12.2. The third-order valence-electron chi connectivity index (χ3n) is 3.08.